The van der Waals surface area contributed by atoms with Crippen LogP contribution in [-0.2, 0) is 11.3 Å². The van der Waals surface area contributed by atoms with Gasteiger partial charge in [0.05, 0.1) is 5.56 Å². The van der Waals surface area contributed by atoms with Gasteiger partial charge < -0.3 is 15.0 Å². The van der Waals surface area contributed by atoms with Gasteiger partial charge in [-0.3, -0.25) is 14.4 Å². The van der Waals surface area contributed by atoms with Gasteiger partial charge in [-0.05, 0) is 48.7 Å². The molecule has 6 nitrogen and oxygen atoms in total. The second-order valence-electron chi connectivity index (χ2n) is 6.56. The smallest absolute Gasteiger partial charge is 0.258 e. The minimum atomic E-state index is -0.294. The normalized spacial score (nSPS) is 13.2. The van der Waals surface area contributed by atoms with E-state index in [2.05, 4.69) is 21.2 Å². The molecule has 0 aromatic heterocycles. The monoisotopic (exact) mass is 444 g/mol. The van der Waals surface area contributed by atoms with Gasteiger partial charge in [0, 0.05) is 29.7 Å². The molecule has 1 N–H and O–H groups in total. The average Bonchev–Trinajstić information content (AvgIpc) is 3.26. The van der Waals surface area contributed by atoms with Crippen LogP contribution in [0.4, 0.5) is 0 Å². The molecule has 0 bridgehead atoms. The van der Waals surface area contributed by atoms with Gasteiger partial charge in [-0.1, -0.05) is 28.1 Å². The van der Waals surface area contributed by atoms with Crippen LogP contribution < -0.4 is 10.1 Å². The lowest BCUT2D eigenvalue weighted by atomic mass is 10.1. The second-order valence-corrected chi connectivity index (χ2v) is 7.48. The van der Waals surface area contributed by atoms with Crippen LogP contribution in [0.25, 0.3) is 0 Å². The topological polar surface area (TPSA) is 75.7 Å². The molecule has 0 spiro atoms. The standard InChI is InChI=1S/C21H21BrN2O4/c22-18-7-8-19(17(11-18)13-25)28-14-20(26)23-12-15-3-5-16(6-4-15)21(27)24-9-1-2-10-24/h3-8,11,13H,1-2,9-10,12,14H2,(H,23,26). The Morgan fingerprint density at radius 1 is 1.11 bits per heavy atom. The number of carbonyl (C=O) groups is 3. The van der Waals surface area contributed by atoms with E-state index in [1.54, 1.807) is 30.3 Å². The molecule has 1 aliphatic rings. The summed E-state index contributed by atoms with van der Waals surface area (Å²) in [5.74, 6) is 0.122. The van der Waals surface area contributed by atoms with E-state index in [0.29, 0.717) is 29.7 Å². The number of benzene rings is 2. The Bertz CT molecular complexity index is 861. The number of amides is 2. The largest absolute Gasteiger partial charge is 0.483 e. The molecule has 0 atom stereocenters. The highest BCUT2D eigenvalue weighted by molar-refractivity contribution is 9.10. The van der Waals surface area contributed by atoms with Gasteiger partial charge in [0.25, 0.3) is 11.8 Å². The quantitative estimate of drug-likeness (QED) is 0.665. The van der Waals surface area contributed by atoms with E-state index in [9.17, 15) is 14.4 Å². The summed E-state index contributed by atoms with van der Waals surface area (Å²) in [4.78, 5) is 37.3. The third-order valence-corrected chi connectivity index (χ3v) is 5.03. The number of rotatable bonds is 7. The Labute approximate surface area is 172 Å². The van der Waals surface area contributed by atoms with Crippen LogP contribution in [0.3, 0.4) is 0 Å². The van der Waals surface area contributed by atoms with Gasteiger partial charge in [0.1, 0.15) is 5.75 Å². The van der Waals surface area contributed by atoms with Crippen LogP contribution in [-0.4, -0.2) is 42.7 Å². The number of likely N-dealkylation sites (tertiary alicyclic amines) is 1. The number of ether oxygens (including phenoxy) is 1. The van der Waals surface area contributed by atoms with Crippen molar-refractivity contribution in [3.8, 4) is 5.75 Å². The van der Waals surface area contributed by atoms with Crippen molar-refractivity contribution in [3.63, 3.8) is 0 Å². The maximum absolute atomic E-state index is 12.3. The van der Waals surface area contributed by atoms with Crippen molar-refractivity contribution in [1.29, 1.82) is 0 Å². The Balaban J connectivity index is 1.48. The summed E-state index contributed by atoms with van der Waals surface area (Å²) in [6, 6.07) is 12.3. The molecule has 3 rings (SSSR count). The molecule has 1 saturated heterocycles. The SMILES string of the molecule is O=Cc1cc(Br)ccc1OCC(=O)NCc1ccc(C(=O)N2CCCC2)cc1. The van der Waals surface area contributed by atoms with Gasteiger partial charge >= 0.3 is 0 Å². The van der Waals surface area contributed by atoms with E-state index >= 15 is 0 Å². The van der Waals surface area contributed by atoms with Crippen molar-refractivity contribution in [2.45, 2.75) is 19.4 Å². The van der Waals surface area contributed by atoms with Crippen LogP contribution in [0, 0.1) is 0 Å². The van der Waals surface area contributed by atoms with E-state index in [1.807, 2.05) is 17.0 Å². The predicted octanol–water partition coefficient (Wildman–Crippen LogP) is 3.19. The maximum atomic E-state index is 12.3. The number of nitrogens with zero attached hydrogens (tertiary/aromatic N) is 1. The maximum Gasteiger partial charge on any atom is 0.258 e. The lowest BCUT2D eigenvalue weighted by molar-refractivity contribution is -0.123. The first-order valence-electron chi connectivity index (χ1n) is 9.09. The van der Waals surface area contributed by atoms with Crippen molar-refractivity contribution in [2.75, 3.05) is 19.7 Å². The summed E-state index contributed by atoms with van der Waals surface area (Å²) >= 11 is 3.28. The second kappa shape index (κ2) is 9.50. The molecule has 1 heterocycles. The number of carbonyl (C=O) groups excluding carboxylic acids is 3. The van der Waals surface area contributed by atoms with Crippen molar-refractivity contribution >= 4 is 34.0 Å². The lowest BCUT2D eigenvalue weighted by Crippen LogP contribution is -2.29. The molecule has 2 aromatic carbocycles. The van der Waals surface area contributed by atoms with E-state index < -0.39 is 0 Å². The summed E-state index contributed by atoms with van der Waals surface area (Å²) in [5.41, 5.74) is 1.93. The van der Waals surface area contributed by atoms with Crippen LogP contribution in [0.5, 0.6) is 5.75 Å². The molecule has 0 radical (unpaired) electrons. The lowest BCUT2D eigenvalue weighted by Gasteiger charge is -2.15. The minimum absolute atomic E-state index is 0.0574. The summed E-state index contributed by atoms with van der Waals surface area (Å²) in [5, 5.41) is 2.76. The van der Waals surface area contributed by atoms with Crippen molar-refractivity contribution < 1.29 is 19.1 Å². The predicted molar refractivity (Wildman–Crippen MR) is 108 cm³/mol. The average molecular weight is 445 g/mol. The van der Waals surface area contributed by atoms with Crippen LogP contribution in [0.1, 0.15) is 39.1 Å². The Morgan fingerprint density at radius 2 is 1.82 bits per heavy atom. The number of hydrogen-bond donors (Lipinski definition) is 1. The van der Waals surface area contributed by atoms with Crippen molar-refractivity contribution in [1.82, 2.24) is 10.2 Å². The molecule has 2 amide bonds. The number of nitrogens with one attached hydrogen (secondary N) is 1. The fourth-order valence-corrected chi connectivity index (χ4v) is 3.38. The third kappa shape index (κ3) is 5.19. The van der Waals surface area contributed by atoms with E-state index in [1.165, 1.54) is 0 Å². The first kappa shape index (κ1) is 20.1. The van der Waals surface area contributed by atoms with E-state index in [-0.39, 0.29) is 18.4 Å². The summed E-state index contributed by atoms with van der Waals surface area (Å²) in [6.07, 6.45) is 2.81. The highest BCUT2D eigenvalue weighted by Crippen LogP contribution is 2.21. The zero-order chi connectivity index (χ0) is 19.9. The van der Waals surface area contributed by atoms with Crippen LogP contribution >= 0.6 is 15.9 Å². The first-order valence-corrected chi connectivity index (χ1v) is 9.88. The summed E-state index contributed by atoms with van der Waals surface area (Å²) in [6.45, 7) is 1.79. The molecule has 1 fully saturated rings. The first-order chi connectivity index (χ1) is 13.6. The van der Waals surface area contributed by atoms with Crippen molar-refractivity contribution in [2.24, 2.45) is 0 Å². The Morgan fingerprint density at radius 3 is 2.50 bits per heavy atom. The molecule has 2 aromatic rings. The Kier molecular flexibility index (Phi) is 6.81. The molecular formula is C21H21BrN2O4. The fourth-order valence-electron chi connectivity index (χ4n) is 3.01. The molecule has 0 saturated carbocycles. The molecule has 146 valence electrons. The highest BCUT2D eigenvalue weighted by Gasteiger charge is 2.19. The molecule has 7 heteroatoms. The minimum Gasteiger partial charge on any atom is -0.483 e. The third-order valence-electron chi connectivity index (χ3n) is 4.54. The zero-order valence-electron chi connectivity index (χ0n) is 15.3. The number of halogens is 1. The van der Waals surface area contributed by atoms with E-state index in [0.717, 1.165) is 36.0 Å². The van der Waals surface area contributed by atoms with Crippen molar-refractivity contribution in [3.05, 3.63) is 63.6 Å². The Hall–Kier alpha value is -2.67. The summed E-state index contributed by atoms with van der Waals surface area (Å²) in [7, 11) is 0. The summed E-state index contributed by atoms with van der Waals surface area (Å²) < 4.78 is 6.19. The van der Waals surface area contributed by atoms with E-state index in [4.69, 9.17) is 4.74 Å². The number of aldehydes is 1. The molecule has 1 aliphatic heterocycles. The van der Waals surface area contributed by atoms with Crippen LogP contribution in [0.2, 0.25) is 0 Å². The van der Waals surface area contributed by atoms with Crippen LogP contribution in [0.15, 0.2) is 46.9 Å². The number of hydrogen-bond acceptors (Lipinski definition) is 4. The van der Waals surface area contributed by atoms with Gasteiger partial charge in [0.15, 0.2) is 12.9 Å². The van der Waals surface area contributed by atoms with Gasteiger partial charge in [-0.2, -0.15) is 0 Å². The van der Waals surface area contributed by atoms with Gasteiger partial charge in [-0.25, -0.2) is 0 Å². The zero-order valence-corrected chi connectivity index (χ0v) is 16.9. The van der Waals surface area contributed by atoms with Gasteiger partial charge in [0.2, 0.25) is 0 Å². The highest BCUT2D eigenvalue weighted by atomic mass is 79.9. The molecular weight excluding hydrogens is 424 g/mol. The molecule has 0 unspecified atom stereocenters. The van der Waals surface area contributed by atoms with Gasteiger partial charge in [-0.15, -0.1) is 0 Å². The molecule has 28 heavy (non-hydrogen) atoms. The molecule has 0 aliphatic carbocycles. The fraction of sp³-hybridized carbons (Fsp3) is 0.286.